The molecule has 3 N–H and O–H groups in total. The first-order valence-electron chi connectivity index (χ1n) is 7.37. The molecule has 0 saturated heterocycles. The first kappa shape index (κ1) is 14.8. The van der Waals surface area contributed by atoms with Gasteiger partial charge in [0.2, 0.25) is 0 Å². The van der Waals surface area contributed by atoms with E-state index < -0.39 is 0 Å². The van der Waals surface area contributed by atoms with Gasteiger partial charge in [-0.25, -0.2) is 9.97 Å². The molecule has 0 aliphatic rings. The van der Waals surface area contributed by atoms with Gasteiger partial charge in [-0.15, -0.1) is 0 Å². The Labute approximate surface area is 120 Å². The van der Waals surface area contributed by atoms with Crippen molar-refractivity contribution in [1.29, 1.82) is 0 Å². The monoisotopic (exact) mass is 275 g/mol. The average molecular weight is 275 g/mol. The van der Waals surface area contributed by atoms with Gasteiger partial charge in [0.1, 0.15) is 11.6 Å². The van der Waals surface area contributed by atoms with Crippen molar-refractivity contribution in [2.75, 3.05) is 25.5 Å². The summed E-state index contributed by atoms with van der Waals surface area (Å²) in [4.78, 5) is 14.5. The van der Waals surface area contributed by atoms with Crippen molar-refractivity contribution in [3.63, 3.8) is 0 Å². The lowest BCUT2D eigenvalue weighted by Crippen LogP contribution is -2.10. The lowest BCUT2D eigenvalue weighted by Gasteiger charge is -2.11. The van der Waals surface area contributed by atoms with Crippen LogP contribution in [0.4, 0.5) is 5.82 Å². The third-order valence-corrected chi connectivity index (χ3v) is 3.78. The SMILES string of the molecule is CCC(CCN)CCc1nc2nc(N(C)C)ccc2[nH]1. The van der Waals surface area contributed by atoms with Crippen LogP contribution in [-0.4, -0.2) is 35.6 Å². The van der Waals surface area contributed by atoms with Gasteiger partial charge in [0, 0.05) is 20.5 Å². The van der Waals surface area contributed by atoms with Crippen molar-refractivity contribution in [3.05, 3.63) is 18.0 Å². The highest BCUT2D eigenvalue weighted by molar-refractivity contribution is 5.73. The first-order valence-corrected chi connectivity index (χ1v) is 7.37. The number of nitrogens with zero attached hydrogens (tertiary/aromatic N) is 3. The number of H-pyrrole nitrogens is 1. The van der Waals surface area contributed by atoms with E-state index in [1.54, 1.807) is 0 Å². The van der Waals surface area contributed by atoms with Crippen LogP contribution in [0.2, 0.25) is 0 Å². The molecule has 2 aromatic heterocycles. The van der Waals surface area contributed by atoms with Crippen LogP contribution in [0.15, 0.2) is 12.1 Å². The maximum atomic E-state index is 5.64. The number of aromatic nitrogens is 3. The third kappa shape index (κ3) is 3.48. The highest BCUT2D eigenvalue weighted by Crippen LogP contribution is 2.18. The van der Waals surface area contributed by atoms with Crippen molar-refractivity contribution in [2.45, 2.75) is 32.6 Å². The Kier molecular flexibility index (Phi) is 4.95. The summed E-state index contributed by atoms with van der Waals surface area (Å²) in [6.07, 6.45) is 4.38. The zero-order valence-electron chi connectivity index (χ0n) is 12.7. The topological polar surface area (TPSA) is 70.8 Å². The molecule has 20 heavy (non-hydrogen) atoms. The minimum absolute atomic E-state index is 0.693. The van der Waals surface area contributed by atoms with E-state index in [0.717, 1.165) is 48.6 Å². The predicted octanol–water partition coefficient (Wildman–Crippen LogP) is 2.33. The molecular weight excluding hydrogens is 250 g/mol. The largest absolute Gasteiger partial charge is 0.363 e. The van der Waals surface area contributed by atoms with Gasteiger partial charge in [0.15, 0.2) is 5.65 Å². The van der Waals surface area contributed by atoms with E-state index in [9.17, 15) is 0 Å². The van der Waals surface area contributed by atoms with Gasteiger partial charge in [-0.2, -0.15) is 0 Å². The Morgan fingerprint density at radius 2 is 2.05 bits per heavy atom. The number of fused-ring (bicyclic) bond motifs is 1. The first-order chi connectivity index (χ1) is 9.63. The molecule has 2 aromatic rings. The molecule has 0 saturated carbocycles. The van der Waals surface area contributed by atoms with Crippen LogP contribution in [0.25, 0.3) is 11.2 Å². The van der Waals surface area contributed by atoms with E-state index in [-0.39, 0.29) is 0 Å². The molecular formula is C15H25N5. The Bertz CT molecular complexity index is 546. The van der Waals surface area contributed by atoms with Crippen LogP contribution in [0.3, 0.4) is 0 Å². The van der Waals surface area contributed by atoms with Crippen LogP contribution in [-0.2, 0) is 6.42 Å². The maximum Gasteiger partial charge on any atom is 0.179 e. The summed E-state index contributed by atoms with van der Waals surface area (Å²) >= 11 is 0. The van der Waals surface area contributed by atoms with Crippen molar-refractivity contribution >= 4 is 17.0 Å². The smallest absolute Gasteiger partial charge is 0.179 e. The average Bonchev–Trinajstić information content (AvgIpc) is 2.85. The van der Waals surface area contributed by atoms with Crippen LogP contribution in [0.1, 0.15) is 32.0 Å². The van der Waals surface area contributed by atoms with E-state index >= 15 is 0 Å². The van der Waals surface area contributed by atoms with E-state index in [2.05, 4.69) is 21.9 Å². The van der Waals surface area contributed by atoms with Gasteiger partial charge in [0.05, 0.1) is 5.52 Å². The maximum absolute atomic E-state index is 5.64. The molecule has 5 heteroatoms. The van der Waals surface area contributed by atoms with Gasteiger partial charge in [-0.1, -0.05) is 13.3 Å². The second-order valence-electron chi connectivity index (χ2n) is 5.51. The molecule has 1 atom stereocenters. The van der Waals surface area contributed by atoms with Crippen LogP contribution >= 0.6 is 0 Å². The molecule has 0 aliphatic carbocycles. The standard InChI is InChI=1S/C15H25N5/c1-4-11(9-10-16)5-7-13-17-12-6-8-14(20(2)3)19-15(12)18-13/h6,8,11H,4-5,7,9-10,16H2,1-3H3,(H,17,18,19). The van der Waals surface area contributed by atoms with Gasteiger partial charge >= 0.3 is 0 Å². The zero-order valence-corrected chi connectivity index (χ0v) is 12.7. The molecule has 5 nitrogen and oxygen atoms in total. The molecule has 1 unspecified atom stereocenters. The van der Waals surface area contributed by atoms with Crippen molar-refractivity contribution in [3.8, 4) is 0 Å². The number of hydrogen-bond donors (Lipinski definition) is 2. The molecule has 0 radical (unpaired) electrons. The summed E-state index contributed by atoms with van der Waals surface area (Å²) in [5.74, 6) is 2.66. The number of nitrogens with one attached hydrogen (secondary N) is 1. The number of anilines is 1. The molecule has 0 fully saturated rings. The van der Waals surface area contributed by atoms with E-state index in [1.165, 1.54) is 6.42 Å². The van der Waals surface area contributed by atoms with Crippen molar-refractivity contribution in [1.82, 2.24) is 15.0 Å². The van der Waals surface area contributed by atoms with Gasteiger partial charge in [-0.05, 0) is 37.4 Å². The number of aryl methyl sites for hydroxylation is 1. The lowest BCUT2D eigenvalue weighted by molar-refractivity contribution is 0.440. The van der Waals surface area contributed by atoms with Crippen molar-refractivity contribution in [2.24, 2.45) is 11.7 Å². The van der Waals surface area contributed by atoms with Crippen LogP contribution in [0.5, 0.6) is 0 Å². The molecule has 0 aliphatic heterocycles. The zero-order chi connectivity index (χ0) is 14.5. The van der Waals surface area contributed by atoms with Crippen molar-refractivity contribution < 1.29 is 0 Å². The fourth-order valence-electron chi connectivity index (χ4n) is 2.43. The third-order valence-electron chi connectivity index (χ3n) is 3.78. The highest BCUT2D eigenvalue weighted by Gasteiger charge is 2.09. The Morgan fingerprint density at radius 3 is 2.70 bits per heavy atom. The minimum atomic E-state index is 0.693. The molecule has 2 rings (SSSR count). The number of imidazole rings is 1. The van der Waals surface area contributed by atoms with Crippen LogP contribution < -0.4 is 10.6 Å². The van der Waals surface area contributed by atoms with E-state index in [0.29, 0.717) is 5.92 Å². The van der Waals surface area contributed by atoms with Gasteiger partial charge in [0.25, 0.3) is 0 Å². The quantitative estimate of drug-likeness (QED) is 0.813. The molecule has 0 aromatic carbocycles. The second-order valence-corrected chi connectivity index (χ2v) is 5.51. The normalized spacial score (nSPS) is 12.8. The molecule has 0 spiro atoms. The molecule has 0 bridgehead atoms. The Hall–Kier alpha value is -1.62. The fraction of sp³-hybridized carbons (Fsp3) is 0.600. The van der Waals surface area contributed by atoms with Gasteiger partial charge < -0.3 is 15.6 Å². The fourth-order valence-corrected chi connectivity index (χ4v) is 2.43. The number of pyridine rings is 1. The molecule has 2 heterocycles. The summed E-state index contributed by atoms with van der Waals surface area (Å²) in [5, 5.41) is 0. The molecule has 110 valence electrons. The summed E-state index contributed by atoms with van der Waals surface area (Å²) in [6.45, 7) is 3.00. The number of aromatic amines is 1. The van der Waals surface area contributed by atoms with E-state index in [4.69, 9.17) is 5.73 Å². The van der Waals surface area contributed by atoms with Crippen LogP contribution in [0, 0.1) is 5.92 Å². The Morgan fingerprint density at radius 1 is 1.25 bits per heavy atom. The number of nitrogens with two attached hydrogens (primary N) is 1. The highest BCUT2D eigenvalue weighted by atomic mass is 15.1. The minimum Gasteiger partial charge on any atom is -0.363 e. The lowest BCUT2D eigenvalue weighted by atomic mass is 9.97. The Balaban J connectivity index is 2.07. The summed E-state index contributed by atoms with van der Waals surface area (Å²) < 4.78 is 0. The van der Waals surface area contributed by atoms with E-state index in [1.807, 2.05) is 31.1 Å². The van der Waals surface area contributed by atoms with Gasteiger partial charge in [-0.3, -0.25) is 0 Å². The molecule has 0 amide bonds. The predicted molar refractivity (Wildman–Crippen MR) is 84.0 cm³/mol. The second kappa shape index (κ2) is 6.70. The summed E-state index contributed by atoms with van der Waals surface area (Å²) in [6, 6.07) is 4.05. The summed E-state index contributed by atoms with van der Waals surface area (Å²) in [7, 11) is 3.97. The number of rotatable bonds is 7. The number of hydrogen-bond acceptors (Lipinski definition) is 4. The summed E-state index contributed by atoms with van der Waals surface area (Å²) in [5.41, 5.74) is 7.46.